The Morgan fingerprint density at radius 3 is 2.52 bits per heavy atom. The Balaban J connectivity index is 2.40. The molecule has 0 amide bonds. The summed E-state index contributed by atoms with van der Waals surface area (Å²) in [4.78, 5) is 0. The highest BCUT2D eigenvalue weighted by molar-refractivity contribution is 9.10. The number of rotatable bonds is 3. The van der Waals surface area contributed by atoms with Gasteiger partial charge < -0.3 is 15.7 Å². The van der Waals surface area contributed by atoms with Crippen LogP contribution < -0.4 is 10.5 Å². The Morgan fingerprint density at radius 2 is 1.90 bits per heavy atom. The van der Waals surface area contributed by atoms with Crippen LogP contribution in [0.15, 0.2) is 44.4 Å². The fraction of sp³-hybridized carbons (Fsp3) is 0. The van der Waals surface area contributed by atoms with E-state index in [4.69, 9.17) is 27.3 Å². The number of halogens is 4. The molecule has 2 aromatic rings. The Morgan fingerprint density at radius 1 is 1.24 bits per heavy atom. The van der Waals surface area contributed by atoms with Gasteiger partial charge in [-0.25, -0.2) is 4.39 Å². The van der Waals surface area contributed by atoms with Crippen molar-refractivity contribution < 1.29 is 14.3 Å². The average molecular weight is 438 g/mol. The summed E-state index contributed by atoms with van der Waals surface area (Å²) in [5.74, 6) is -0.630. The topological polar surface area (TPSA) is 67.8 Å². The number of hydrogen-bond acceptors (Lipinski definition) is 3. The SMILES string of the molecule is N/C(=N/O)c1ccc(Oc2ccc(Br)cc2Cl)c(F)c1Br. The first-order chi connectivity index (χ1) is 9.93. The van der Waals surface area contributed by atoms with Gasteiger partial charge in [0.2, 0.25) is 0 Å². The summed E-state index contributed by atoms with van der Waals surface area (Å²) >= 11 is 12.3. The number of nitrogens with zero attached hydrogens (tertiary/aromatic N) is 1. The van der Waals surface area contributed by atoms with E-state index in [1.54, 1.807) is 18.2 Å². The highest BCUT2D eigenvalue weighted by Crippen LogP contribution is 2.35. The van der Waals surface area contributed by atoms with Crippen LogP contribution in [-0.4, -0.2) is 11.0 Å². The summed E-state index contributed by atoms with van der Waals surface area (Å²) in [5.41, 5.74) is 5.66. The predicted octanol–water partition coefficient (Wildman–Crippen LogP) is 4.89. The van der Waals surface area contributed by atoms with E-state index in [1.165, 1.54) is 12.1 Å². The lowest BCUT2D eigenvalue weighted by atomic mass is 10.2. The van der Waals surface area contributed by atoms with Crippen molar-refractivity contribution in [1.29, 1.82) is 0 Å². The van der Waals surface area contributed by atoms with Crippen molar-refractivity contribution in [3.05, 3.63) is 55.7 Å². The van der Waals surface area contributed by atoms with E-state index < -0.39 is 5.82 Å². The fourth-order valence-corrected chi connectivity index (χ4v) is 2.78. The first-order valence-electron chi connectivity index (χ1n) is 5.53. The summed E-state index contributed by atoms with van der Waals surface area (Å²) in [6.07, 6.45) is 0. The van der Waals surface area contributed by atoms with Crippen LogP contribution in [0.4, 0.5) is 4.39 Å². The zero-order valence-electron chi connectivity index (χ0n) is 10.3. The van der Waals surface area contributed by atoms with Crippen molar-refractivity contribution in [3.8, 4) is 11.5 Å². The number of nitrogens with two attached hydrogens (primary N) is 1. The van der Waals surface area contributed by atoms with Crippen molar-refractivity contribution in [2.45, 2.75) is 0 Å². The maximum absolute atomic E-state index is 14.2. The van der Waals surface area contributed by atoms with Crippen LogP contribution in [0.1, 0.15) is 5.56 Å². The molecule has 0 radical (unpaired) electrons. The molecule has 0 saturated carbocycles. The number of benzene rings is 2. The number of hydrogen-bond donors (Lipinski definition) is 2. The molecular weight excluding hydrogens is 430 g/mol. The van der Waals surface area contributed by atoms with Gasteiger partial charge in [0.15, 0.2) is 17.4 Å². The number of oxime groups is 1. The molecule has 0 fully saturated rings. The molecule has 0 bridgehead atoms. The third-order valence-electron chi connectivity index (χ3n) is 2.54. The second kappa shape index (κ2) is 6.64. The molecule has 0 aliphatic heterocycles. The van der Waals surface area contributed by atoms with Gasteiger partial charge >= 0.3 is 0 Å². The van der Waals surface area contributed by atoms with Crippen LogP contribution in [0.25, 0.3) is 0 Å². The minimum Gasteiger partial charge on any atom is -0.453 e. The lowest BCUT2D eigenvalue weighted by molar-refractivity contribution is 0.318. The molecule has 2 aromatic carbocycles. The molecule has 0 aliphatic rings. The maximum Gasteiger partial charge on any atom is 0.180 e. The molecule has 0 aromatic heterocycles. The molecule has 0 spiro atoms. The molecule has 0 saturated heterocycles. The lowest BCUT2D eigenvalue weighted by Crippen LogP contribution is -2.14. The van der Waals surface area contributed by atoms with Crippen LogP contribution in [-0.2, 0) is 0 Å². The molecule has 2 rings (SSSR count). The third kappa shape index (κ3) is 3.48. The van der Waals surface area contributed by atoms with Gasteiger partial charge in [-0.15, -0.1) is 0 Å². The van der Waals surface area contributed by atoms with E-state index in [2.05, 4.69) is 37.0 Å². The van der Waals surface area contributed by atoms with Gasteiger partial charge in [0.25, 0.3) is 0 Å². The van der Waals surface area contributed by atoms with Gasteiger partial charge in [0, 0.05) is 10.0 Å². The molecule has 0 heterocycles. The molecule has 4 nitrogen and oxygen atoms in total. The lowest BCUT2D eigenvalue weighted by Gasteiger charge is -2.11. The Kier molecular flexibility index (Phi) is 5.08. The van der Waals surface area contributed by atoms with Crippen LogP contribution in [0.5, 0.6) is 11.5 Å². The Hall–Kier alpha value is -1.31. The fourth-order valence-electron chi connectivity index (χ4n) is 1.54. The number of ether oxygens (including phenoxy) is 1. The van der Waals surface area contributed by atoms with E-state index in [1.807, 2.05) is 0 Å². The van der Waals surface area contributed by atoms with Crippen LogP contribution >= 0.6 is 43.5 Å². The highest BCUT2D eigenvalue weighted by atomic mass is 79.9. The van der Waals surface area contributed by atoms with Crippen molar-refractivity contribution in [3.63, 3.8) is 0 Å². The smallest absolute Gasteiger partial charge is 0.180 e. The van der Waals surface area contributed by atoms with Crippen LogP contribution in [0, 0.1) is 5.82 Å². The summed E-state index contributed by atoms with van der Waals surface area (Å²) in [5, 5.41) is 11.8. The maximum atomic E-state index is 14.2. The van der Waals surface area contributed by atoms with Crippen molar-refractivity contribution in [2.75, 3.05) is 0 Å². The van der Waals surface area contributed by atoms with E-state index in [0.717, 1.165) is 4.47 Å². The van der Waals surface area contributed by atoms with Crippen molar-refractivity contribution >= 4 is 49.3 Å². The van der Waals surface area contributed by atoms with Gasteiger partial charge in [-0.3, -0.25) is 0 Å². The van der Waals surface area contributed by atoms with Gasteiger partial charge in [-0.1, -0.05) is 32.7 Å². The average Bonchev–Trinajstić information content (AvgIpc) is 2.46. The van der Waals surface area contributed by atoms with E-state index in [-0.39, 0.29) is 21.6 Å². The van der Waals surface area contributed by atoms with Gasteiger partial charge in [0.05, 0.1) is 9.50 Å². The second-order valence-electron chi connectivity index (χ2n) is 3.90. The quantitative estimate of drug-likeness (QED) is 0.310. The van der Waals surface area contributed by atoms with E-state index in [9.17, 15) is 4.39 Å². The number of amidine groups is 1. The normalized spacial score (nSPS) is 11.5. The summed E-state index contributed by atoms with van der Waals surface area (Å²) in [7, 11) is 0. The van der Waals surface area contributed by atoms with Gasteiger partial charge in [-0.05, 0) is 46.3 Å². The minimum atomic E-state index is -0.682. The molecule has 21 heavy (non-hydrogen) atoms. The zero-order valence-corrected chi connectivity index (χ0v) is 14.2. The monoisotopic (exact) mass is 436 g/mol. The van der Waals surface area contributed by atoms with Crippen molar-refractivity contribution in [1.82, 2.24) is 0 Å². The largest absolute Gasteiger partial charge is 0.453 e. The van der Waals surface area contributed by atoms with Crippen LogP contribution in [0.3, 0.4) is 0 Å². The minimum absolute atomic E-state index is 0.0311. The molecule has 0 aliphatic carbocycles. The highest BCUT2D eigenvalue weighted by Gasteiger charge is 2.16. The zero-order chi connectivity index (χ0) is 15.6. The van der Waals surface area contributed by atoms with Gasteiger partial charge in [0.1, 0.15) is 5.75 Å². The summed E-state index contributed by atoms with van der Waals surface area (Å²) in [6, 6.07) is 7.79. The molecule has 0 unspecified atom stereocenters. The van der Waals surface area contributed by atoms with Gasteiger partial charge in [-0.2, -0.15) is 0 Å². The second-order valence-corrected chi connectivity index (χ2v) is 6.02. The summed E-state index contributed by atoms with van der Waals surface area (Å²) in [6.45, 7) is 0. The third-order valence-corrected chi connectivity index (χ3v) is 4.11. The van der Waals surface area contributed by atoms with E-state index >= 15 is 0 Å². The molecule has 3 N–H and O–H groups in total. The Labute approximate surface area is 141 Å². The molecular formula is C13H8Br2ClFN2O2. The summed E-state index contributed by atoms with van der Waals surface area (Å²) < 4.78 is 20.5. The van der Waals surface area contributed by atoms with E-state index in [0.29, 0.717) is 10.8 Å². The molecule has 110 valence electrons. The van der Waals surface area contributed by atoms with Crippen molar-refractivity contribution in [2.24, 2.45) is 10.9 Å². The Bertz CT molecular complexity index is 726. The molecule has 0 atom stereocenters. The predicted molar refractivity (Wildman–Crippen MR) is 85.8 cm³/mol. The first kappa shape index (κ1) is 16.1. The first-order valence-corrected chi connectivity index (χ1v) is 7.49. The van der Waals surface area contributed by atoms with Crippen LogP contribution in [0.2, 0.25) is 5.02 Å². The standard InChI is InChI=1S/C13H8Br2ClFN2O2/c14-6-1-3-9(8(16)5-6)21-10-4-2-7(13(18)19-20)11(15)12(10)17/h1-5,20H,(H2,18,19). The molecule has 8 heteroatoms.